The number of hydrogen-bond donors (Lipinski definition) is 0. The van der Waals surface area contributed by atoms with Crippen LogP contribution >= 0.6 is 11.8 Å². The van der Waals surface area contributed by atoms with Crippen LogP contribution in [-0.4, -0.2) is 88.5 Å². The van der Waals surface area contributed by atoms with Gasteiger partial charge in [0.1, 0.15) is 17.5 Å². The van der Waals surface area contributed by atoms with E-state index in [1.807, 2.05) is 0 Å². The third-order valence-corrected chi connectivity index (χ3v) is 10.2. The average molecular weight is 634 g/mol. The van der Waals surface area contributed by atoms with Gasteiger partial charge in [-0.2, -0.15) is 18.2 Å². The van der Waals surface area contributed by atoms with E-state index in [2.05, 4.69) is 16.5 Å². The second-order valence-corrected chi connectivity index (χ2v) is 12.5. The quantitative estimate of drug-likeness (QED) is 0.316. The lowest BCUT2D eigenvalue weighted by molar-refractivity contribution is -0.137. The molecule has 0 radical (unpaired) electrons. The van der Waals surface area contributed by atoms with Crippen LogP contribution in [0.1, 0.15) is 12.0 Å². The van der Waals surface area contributed by atoms with Crippen molar-refractivity contribution < 1.29 is 31.5 Å². The van der Waals surface area contributed by atoms with Gasteiger partial charge in [0, 0.05) is 84.6 Å². The number of anilines is 1. The number of alkyl halides is 3. The van der Waals surface area contributed by atoms with Gasteiger partial charge in [0.15, 0.2) is 0 Å². The molecule has 14 heteroatoms. The molecular weight excluding hydrogens is 605 g/mol. The molecule has 232 valence electrons. The summed E-state index contributed by atoms with van der Waals surface area (Å²) in [5.74, 6) is -1.89. The highest BCUT2D eigenvalue weighted by Gasteiger charge is 2.44. The van der Waals surface area contributed by atoms with Crippen molar-refractivity contribution in [1.29, 1.82) is 0 Å². The Hall–Kier alpha value is -3.49. The number of fused-ring (bicyclic) bond motifs is 2. The zero-order valence-electron chi connectivity index (χ0n) is 23.4. The number of morpholine rings is 1. The Morgan fingerprint density at radius 2 is 1.86 bits per heavy atom. The van der Waals surface area contributed by atoms with Gasteiger partial charge in [-0.15, -0.1) is 11.8 Å². The Morgan fingerprint density at radius 3 is 2.50 bits per heavy atom. The van der Waals surface area contributed by atoms with Crippen molar-refractivity contribution in [3.63, 3.8) is 0 Å². The predicted octanol–water partition coefficient (Wildman–Crippen LogP) is 4.14. The molecule has 4 aliphatic rings. The summed E-state index contributed by atoms with van der Waals surface area (Å²) in [4.78, 5) is 35.9. The van der Waals surface area contributed by atoms with Gasteiger partial charge in [0.2, 0.25) is 5.91 Å². The first-order valence-electron chi connectivity index (χ1n) is 14.3. The number of thioether (sulfide) groups is 1. The van der Waals surface area contributed by atoms with Crippen LogP contribution in [0.2, 0.25) is 0 Å². The van der Waals surface area contributed by atoms with E-state index in [1.165, 1.54) is 10.6 Å². The van der Waals surface area contributed by atoms with E-state index >= 15 is 4.39 Å². The van der Waals surface area contributed by atoms with E-state index < -0.39 is 40.2 Å². The van der Waals surface area contributed by atoms with Gasteiger partial charge in [-0.25, -0.2) is 13.6 Å². The lowest BCUT2D eigenvalue weighted by Crippen LogP contribution is -2.49. The summed E-state index contributed by atoms with van der Waals surface area (Å²) in [6.07, 6.45) is -2.80. The summed E-state index contributed by atoms with van der Waals surface area (Å²) in [6.45, 7) is 5.90. The van der Waals surface area contributed by atoms with Crippen LogP contribution in [0.25, 0.3) is 22.0 Å². The van der Waals surface area contributed by atoms with Crippen LogP contribution in [0.3, 0.4) is 0 Å². The molecule has 8 nitrogen and oxygen atoms in total. The molecule has 1 amide bonds. The zero-order chi connectivity index (χ0) is 30.9. The fourth-order valence-corrected chi connectivity index (χ4v) is 8.29. The maximum Gasteiger partial charge on any atom is 0.417 e. The number of aromatic nitrogens is 2. The summed E-state index contributed by atoms with van der Waals surface area (Å²) in [5, 5.41) is 0.112. The van der Waals surface area contributed by atoms with Crippen LogP contribution in [0, 0.1) is 11.6 Å². The normalized spacial score (nSPS) is 23.8. The molecule has 0 saturated carbocycles. The molecule has 3 fully saturated rings. The van der Waals surface area contributed by atoms with E-state index in [4.69, 9.17) is 4.74 Å². The minimum atomic E-state index is -4.91. The largest absolute Gasteiger partial charge is 0.417 e. The van der Waals surface area contributed by atoms with Crippen LogP contribution in [-0.2, 0) is 22.3 Å². The topological polar surface area (TPSA) is 70.9 Å². The number of halogens is 5. The monoisotopic (exact) mass is 633 g/mol. The lowest BCUT2D eigenvalue weighted by atomic mass is 9.95. The molecule has 3 saturated heterocycles. The number of amides is 1. The van der Waals surface area contributed by atoms with Gasteiger partial charge in [-0.3, -0.25) is 14.3 Å². The number of rotatable bonds is 4. The fourth-order valence-electron chi connectivity index (χ4n) is 6.92. The van der Waals surface area contributed by atoms with Crippen LogP contribution in [0.4, 0.5) is 27.8 Å². The van der Waals surface area contributed by atoms with E-state index in [0.29, 0.717) is 25.0 Å². The number of carbonyl (C=O) groups is 1. The minimum absolute atomic E-state index is 0.0696. The molecule has 2 aromatic carbocycles. The van der Waals surface area contributed by atoms with Gasteiger partial charge in [-0.1, -0.05) is 6.58 Å². The van der Waals surface area contributed by atoms with Crippen molar-refractivity contribution >= 4 is 34.4 Å². The third-order valence-electron chi connectivity index (χ3n) is 9.00. The zero-order valence-corrected chi connectivity index (χ0v) is 24.3. The van der Waals surface area contributed by atoms with Crippen molar-refractivity contribution in [3.05, 3.63) is 64.6 Å². The van der Waals surface area contributed by atoms with E-state index in [9.17, 15) is 27.2 Å². The molecular formula is C30H28F5N5O3S. The average Bonchev–Trinajstić information content (AvgIpc) is 3.57. The smallest absolute Gasteiger partial charge is 0.375 e. The highest BCUT2D eigenvalue weighted by Crippen LogP contribution is 2.49. The maximum atomic E-state index is 15.3. The summed E-state index contributed by atoms with van der Waals surface area (Å²) in [7, 11) is 0. The Kier molecular flexibility index (Phi) is 7.20. The van der Waals surface area contributed by atoms with Gasteiger partial charge >= 0.3 is 11.9 Å². The minimum Gasteiger partial charge on any atom is -0.375 e. The number of benzene rings is 2. The SMILES string of the molecule is C=CC(=O)N1CCN(c2nc(=O)n3c4c(c(-c5ccc(F)cc5F)c(C(F)(F)F)cc24)SCC(N2C[C@@H]4C[C@H]2CO4)C3)CC1. The lowest BCUT2D eigenvalue weighted by Gasteiger charge is -2.36. The van der Waals surface area contributed by atoms with Gasteiger partial charge in [0.05, 0.1) is 23.8 Å². The van der Waals surface area contributed by atoms with Crippen LogP contribution < -0.4 is 10.6 Å². The molecule has 3 atom stereocenters. The standard InChI is InChI=1S/C30H28F5N5O3S/c1-2-24(41)37-5-7-38(8-6-37)28-21-11-22(30(33,34)35)25(20-4-3-16(31)9-23(20)32)27-26(21)40(29(42)36-28)12-18(15-44-27)39-13-19-10-17(39)14-43-19/h2-4,9,11,17-19H,1,5-8,10,12-15H2/t17-,18?,19-/m0/s1. The predicted molar refractivity (Wildman–Crippen MR) is 155 cm³/mol. The number of piperazine rings is 1. The summed E-state index contributed by atoms with van der Waals surface area (Å²) < 4.78 is 81.0. The van der Waals surface area contributed by atoms with Crippen LogP contribution in [0.5, 0.6) is 0 Å². The second-order valence-electron chi connectivity index (χ2n) is 11.5. The molecule has 0 N–H and O–H groups in total. The highest BCUT2D eigenvalue weighted by molar-refractivity contribution is 7.99. The number of carbonyl (C=O) groups excluding carboxylic acids is 1. The molecule has 4 aliphatic heterocycles. The summed E-state index contributed by atoms with van der Waals surface area (Å²) in [6, 6.07) is 3.36. The Balaban J connectivity index is 1.45. The molecule has 3 aromatic rings. The van der Waals surface area contributed by atoms with E-state index in [1.54, 1.807) is 9.80 Å². The number of nitrogens with zero attached hydrogens (tertiary/aromatic N) is 5. The van der Waals surface area contributed by atoms with Crippen molar-refractivity contribution in [2.75, 3.05) is 50.0 Å². The Labute approximate surface area is 253 Å². The van der Waals surface area contributed by atoms with E-state index in [-0.39, 0.29) is 78.4 Å². The Bertz CT molecular complexity index is 1740. The molecule has 2 bridgehead atoms. The van der Waals surface area contributed by atoms with Crippen molar-refractivity contribution in [3.8, 4) is 11.1 Å². The first-order chi connectivity index (χ1) is 21.0. The van der Waals surface area contributed by atoms with Crippen molar-refractivity contribution in [2.45, 2.75) is 42.2 Å². The molecule has 5 heterocycles. The molecule has 7 rings (SSSR count). The third kappa shape index (κ3) is 4.87. The van der Waals surface area contributed by atoms with Crippen molar-refractivity contribution in [2.24, 2.45) is 0 Å². The number of hydrogen-bond acceptors (Lipinski definition) is 7. The van der Waals surface area contributed by atoms with Crippen LogP contribution in [0.15, 0.2) is 46.6 Å². The summed E-state index contributed by atoms with van der Waals surface area (Å²) in [5.41, 5.74) is -2.31. The molecule has 1 aromatic heterocycles. The number of ether oxygens (including phenoxy) is 1. The molecule has 1 unspecified atom stereocenters. The maximum absolute atomic E-state index is 15.3. The number of likely N-dealkylation sites (tertiary alicyclic amines) is 1. The van der Waals surface area contributed by atoms with Gasteiger partial charge in [-0.05, 0) is 30.7 Å². The van der Waals surface area contributed by atoms with E-state index in [0.717, 1.165) is 36.4 Å². The van der Waals surface area contributed by atoms with Crippen molar-refractivity contribution in [1.82, 2.24) is 19.4 Å². The Morgan fingerprint density at radius 1 is 1.09 bits per heavy atom. The second kappa shape index (κ2) is 10.8. The highest BCUT2D eigenvalue weighted by atomic mass is 32.2. The van der Waals surface area contributed by atoms with Gasteiger partial charge < -0.3 is 14.5 Å². The van der Waals surface area contributed by atoms with Gasteiger partial charge in [0.25, 0.3) is 0 Å². The molecule has 0 spiro atoms. The fraction of sp³-hybridized carbons (Fsp3) is 0.433. The first kappa shape index (κ1) is 29.2. The molecule has 44 heavy (non-hydrogen) atoms. The molecule has 0 aliphatic carbocycles. The summed E-state index contributed by atoms with van der Waals surface area (Å²) >= 11 is 1.15. The first-order valence-corrected chi connectivity index (χ1v) is 15.3.